The lowest BCUT2D eigenvalue weighted by Crippen LogP contribution is -2.66. The summed E-state index contributed by atoms with van der Waals surface area (Å²) >= 11 is 0. The SMILES string of the molecule is CCCCCCCCCCCCCCCCCCCCCCCCCCC/C=C/C(O)C(COC1OC(CO)C(OC2OC(CO)C(OC3OC(CO)C(O)C(O)C3O)C(O)C2O)C(O)C1O)NC(=O)CC. The zero-order chi connectivity index (χ0) is 52.7. The van der Waals surface area contributed by atoms with Crippen LogP contribution < -0.4 is 5.32 Å². The van der Waals surface area contributed by atoms with E-state index < -0.39 is 124 Å². The Kier molecular flexibility index (Phi) is 34.3. The van der Waals surface area contributed by atoms with E-state index >= 15 is 0 Å². The van der Waals surface area contributed by atoms with Crippen molar-refractivity contribution in [2.45, 2.75) is 291 Å². The number of amides is 1. The third-order valence-corrected chi connectivity index (χ3v) is 14.4. The number of carbonyl (C=O) groups is 1. The average Bonchev–Trinajstić information content (AvgIpc) is 3.38. The first-order valence-electron chi connectivity index (χ1n) is 27.9. The summed E-state index contributed by atoms with van der Waals surface area (Å²) < 4.78 is 33.8. The van der Waals surface area contributed by atoms with Gasteiger partial charge >= 0.3 is 0 Å². The molecule has 0 aromatic rings. The van der Waals surface area contributed by atoms with E-state index in [1.54, 1.807) is 13.0 Å². The van der Waals surface area contributed by atoms with Crippen LogP contribution in [0.15, 0.2) is 12.2 Å². The van der Waals surface area contributed by atoms with Crippen molar-refractivity contribution in [3.8, 4) is 0 Å². The fourth-order valence-corrected chi connectivity index (χ4v) is 9.69. The lowest BCUT2D eigenvalue weighted by molar-refractivity contribution is -0.379. The average molecular weight is 1040 g/mol. The molecule has 0 radical (unpaired) electrons. The van der Waals surface area contributed by atoms with Crippen molar-refractivity contribution in [3.63, 3.8) is 0 Å². The molecule has 3 rings (SSSR count). The number of aliphatic hydroxyl groups excluding tert-OH is 11. The molecule has 12 N–H and O–H groups in total. The van der Waals surface area contributed by atoms with E-state index in [9.17, 15) is 61.0 Å². The lowest BCUT2D eigenvalue weighted by atomic mass is 9.96. The minimum Gasteiger partial charge on any atom is -0.394 e. The van der Waals surface area contributed by atoms with Crippen LogP contribution in [0.25, 0.3) is 0 Å². The van der Waals surface area contributed by atoms with Crippen molar-refractivity contribution in [3.05, 3.63) is 12.2 Å². The van der Waals surface area contributed by atoms with Gasteiger partial charge in [0.1, 0.15) is 73.2 Å². The first-order chi connectivity index (χ1) is 34.8. The minimum absolute atomic E-state index is 0.126. The van der Waals surface area contributed by atoms with Crippen molar-refractivity contribution in [1.82, 2.24) is 5.32 Å². The molecule has 3 saturated heterocycles. The molecule has 3 aliphatic rings. The topological polar surface area (TPSA) is 307 Å². The van der Waals surface area contributed by atoms with Crippen LogP contribution in [0.1, 0.15) is 187 Å². The zero-order valence-electron chi connectivity index (χ0n) is 43.7. The molecule has 17 unspecified atom stereocenters. The Balaban J connectivity index is 1.30. The van der Waals surface area contributed by atoms with Crippen LogP contribution in [0.3, 0.4) is 0 Å². The normalized spacial score (nSPS) is 32.0. The fraction of sp³-hybridized carbons (Fsp3) is 0.943. The molecule has 19 nitrogen and oxygen atoms in total. The van der Waals surface area contributed by atoms with Crippen molar-refractivity contribution in [2.75, 3.05) is 26.4 Å². The Morgan fingerprint density at radius 2 is 0.847 bits per heavy atom. The van der Waals surface area contributed by atoms with Gasteiger partial charge in [-0.1, -0.05) is 180 Å². The van der Waals surface area contributed by atoms with Crippen LogP contribution >= 0.6 is 0 Å². The summed E-state index contributed by atoms with van der Waals surface area (Å²) in [5.74, 6) is -0.363. The van der Waals surface area contributed by atoms with E-state index in [0.717, 1.165) is 25.7 Å². The Bertz CT molecular complexity index is 1380. The van der Waals surface area contributed by atoms with Gasteiger partial charge in [0.15, 0.2) is 18.9 Å². The Morgan fingerprint density at radius 3 is 1.25 bits per heavy atom. The number of allylic oxidation sites excluding steroid dienone is 1. The maximum Gasteiger partial charge on any atom is 0.220 e. The fourth-order valence-electron chi connectivity index (χ4n) is 9.69. The van der Waals surface area contributed by atoms with Crippen LogP contribution in [0, 0.1) is 0 Å². The van der Waals surface area contributed by atoms with Gasteiger partial charge in [0.2, 0.25) is 5.91 Å². The van der Waals surface area contributed by atoms with E-state index in [0.29, 0.717) is 0 Å². The summed E-state index contributed by atoms with van der Waals surface area (Å²) in [4.78, 5) is 12.4. The van der Waals surface area contributed by atoms with E-state index in [1.165, 1.54) is 141 Å². The standard InChI is InChI=1S/C53H99NO18/c1-3-5-6-7-8-9-10-11-12-13-14-15-16-17-18-19-20-21-22-23-24-25-26-27-28-29-30-31-37(58)36(54-41(59)4-2)35-67-51-47(65)44(62)49(39(33-56)69-51)72-53-48(66)45(63)50(40(34-57)70-53)71-52-46(64)43(61)42(60)38(32-55)68-52/h30-31,36-40,42-53,55-58,60-66H,3-29,32-35H2,1-2H3,(H,54,59)/b31-30+. The molecule has 19 heteroatoms. The molecule has 0 spiro atoms. The lowest BCUT2D eigenvalue weighted by Gasteiger charge is -2.48. The molecule has 3 fully saturated rings. The second-order valence-corrected chi connectivity index (χ2v) is 20.4. The molecule has 0 aromatic heterocycles. The molecule has 72 heavy (non-hydrogen) atoms. The number of hydrogen-bond acceptors (Lipinski definition) is 18. The second-order valence-electron chi connectivity index (χ2n) is 20.4. The van der Waals surface area contributed by atoms with Crippen molar-refractivity contribution >= 4 is 5.91 Å². The molecule has 3 heterocycles. The molecule has 0 saturated carbocycles. The summed E-state index contributed by atoms with van der Waals surface area (Å²) in [6.45, 7) is 1.15. The highest BCUT2D eigenvalue weighted by molar-refractivity contribution is 5.75. The summed E-state index contributed by atoms with van der Waals surface area (Å²) in [7, 11) is 0. The van der Waals surface area contributed by atoms with E-state index in [2.05, 4.69) is 12.2 Å². The number of carbonyl (C=O) groups excluding carboxylic acids is 1. The van der Waals surface area contributed by atoms with Gasteiger partial charge in [-0.15, -0.1) is 0 Å². The van der Waals surface area contributed by atoms with Gasteiger partial charge in [-0.2, -0.15) is 0 Å². The predicted molar refractivity (Wildman–Crippen MR) is 268 cm³/mol. The highest BCUT2D eigenvalue weighted by Gasteiger charge is 2.53. The van der Waals surface area contributed by atoms with Gasteiger partial charge in [-0.05, 0) is 12.8 Å². The van der Waals surface area contributed by atoms with E-state index in [1.807, 2.05) is 6.08 Å². The maximum atomic E-state index is 12.4. The zero-order valence-corrected chi connectivity index (χ0v) is 43.7. The number of unbranched alkanes of at least 4 members (excludes halogenated alkanes) is 25. The van der Waals surface area contributed by atoms with Crippen LogP contribution in [0.2, 0.25) is 0 Å². The number of nitrogens with one attached hydrogen (secondary N) is 1. The Hall–Kier alpha value is -1.47. The second kappa shape index (κ2) is 38.1. The monoisotopic (exact) mass is 1040 g/mol. The van der Waals surface area contributed by atoms with Crippen LogP contribution in [0.5, 0.6) is 0 Å². The molecule has 0 bridgehead atoms. The number of ether oxygens (including phenoxy) is 6. The summed E-state index contributed by atoms with van der Waals surface area (Å²) in [6.07, 6.45) is 10.9. The van der Waals surface area contributed by atoms with Gasteiger partial charge in [-0.25, -0.2) is 0 Å². The molecular weight excluding hydrogens is 939 g/mol. The molecular formula is C53H99NO18. The highest BCUT2D eigenvalue weighted by Crippen LogP contribution is 2.33. The summed E-state index contributed by atoms with van der Waals surface area (Å²) in [6, 6.07) is -0.965. The molecule has 17 atom stereocenters. The number of rotatable bonds is 40. The molecule has 424 valence electrons. The van der Waals surface area contributed by atoms with Gasteiger partial charge in [-0.3, -0.25) is 4.79 Å². The number of aliphatic hydroxyl groups is 11. The van der Waals surface area contributed by atoms with Crippen molar-refractivity contribution in [2.24, 2.45) is 0 Å². The molecule has 0 aliphatic carbocycles. The number of hydrogen-bond donors (Lipinski definition) is 12. The largest absolute Gasteiger partial charge is 0.394 e. The minimum atomic E-state index is -1.97. The van der Waals surface area contributed by atoms with E-state index in [4.69, 9.17) is 28.4 Å². The third kappa shape index (κ3) is 23.0. The predicted octanol–water partition coefficient (Wildman–Crippen LogP) is 3.43. The highest BCUT2D eigenvalue weighted by atomic mass is 16.8. The smallest absolute Gasteiger partial charge is 0.220 e. The molecule has 3 aliphatic heterocycles. The van der Waals surface area contributed by atoms with Gasteiger partial charge in [0.05, 0.1) is 38.6 Å². The third-order valence-electron chi connectivity index (χ3n) is 14.4. The van der Waals surface area contributed by atoms with Gasteiger partial charge in [0, 0.05) is 6.42 Å². The molecule has 1 amide bonds. The maximum absolute atomic E-state index is 12.4. The quantitative estimate of drug-likeness (QED) is 0.0309. The first kappa shape index (κ1) is 64.8. The summed E-state index contributed by atoms with van der Waals surface area (Å²) in [5.41, 5.74) is 0. The van der Waals surface area contributed by atoms with Crippen molar-refractivity contribution < 1.29 is 89.4 Å². The van der Waals surface area contributed by atoms with Gasteiger partial charge < -0.3 is 89.9 Å². The Morgan fingerprint density at radius 1 is 0.486 bits per heavy atom. The van der Waals surface area contributed by atoms with Crippen molar-refractivity contribution in [1.29, 1.82) is 0 Å². The van der Waals surface area contributed by atoms with Crippen LogP contribution in [0.4, 0.5) is 0 Å². The van der Waals surface area contributed by atoms with Gasteiger partial charge in [0.25, 0.3) is 0 Å². The van der Waals surface area contributed by atoms with Crippen LogP contribution in [-0.2, 0) is 33.2 Å². The molecule has 0 aromatic carbocycles. The first-order valence-corrected chi connectivity index (χ1v) is 27.9. The van der Waals surface area contributed by atoms with Crippen LogP contribution in [-0.4, -0.2) is 193 Å². The van der Waals surface area contributed by atoms with E-state index in [-0.39, 0.29) is 18.9 Å². The Labute approximate surface area is 429 Å². The summed E-state index contributed by atoms with van der Waals surface area (Å²) in [5, 5.41) is 118.